The molecule has 0 radical (unpaired) electrons. The molecular weight excluding hydrogens is 408 g/mol. The summed E-state index contributed by atoms with van der Waals surface area (Å²) >= 11 is 0. The molecule has 0 bridgehead atoms. The van der Waals surface area contributed by atoms with Crippen LogP contribution in [0.4, 0.5) is 0 Å². The molecule has 0 saturated carbocycles. The number of hydrogen-bond acceptors (Lipinski definition) is 4. The Kier molecular flexibility index (Phi) is 11.9. The molecule has 0 spiro atoms. The highest BCUT2D eigenvalue weighted by Crippen LogP contribution is 2.22. The number of unbranched alkanes of at least 4 members (excludes halogenated alkanes) is 7. The Balaban J connectivity index is 1.48. The van der Waals surface area contributed by atoms with Gasteiger partial charge in [0.25, 0.3) is 0 Å². The van der Waals surface area contributed by atoms with E-state index in [0.717, 1.165) is 51.0 Å². The van der Waals surface area contributed by atoms with Crippen molar-refractivity contribution >= 4 is 15.9 Å². The molecule has 0 saturated heterocycles. The molecule has 1 aliphatic heterocycles. The molecule has 31 heavy (non-hydrogen) atoms. The summed E-state index contributed by atoms with van der Waals surface area (Å²) in [5.74, 6) is 1.35. The van der Waals surface area contributed by atoms with Crippen LogP contribution in [0.15, 0.2) is 52.9 Å². The first-order valence-corrected chi connectivity index (χ1v) is 13.4. The van der Waals surface area contributed by atoms with E-state index in [4.69, 9.17) is 9.73 Å². The van der Waals surface area contributed by atoms with Crippen LogP contribution in [0.2, 0.25) is 0 Å². The van der Waals surface area contributed by atoms with Gasteiger partial charge in [-0.15, -0.1) is 6.58 Å². The first-order chi connectivity index (χ1) is 15.1. The van der Waals surface area contributed by atoms with E-state index in [9.17, 15) is 8.42 Å². The Morgan fingerprint density at radius 1 is 1.10 bits per heavy atom. The molecule has 1 aromatic rings. The zero-order valence-electron chi connectivity index (χ0n) is 19.1. The fraction of sp³-hybridized carbons (Fsp3) is 0.640. The van der Waals surface area contributed by atoms with Crippen molar-refractivity contribution in [3.05, 3.63) is 43.0 Å². The van der Waals surface area contributed by atoms with Crippen LogP contribution in [-0.2, 0) is 14.8 Å². The van der Waals surface area contributed by atoms with E-state index in [-0.39, 0.29) is 0 Å². The Morgan fingerprint density at radius 2 is 1.74 bits per heavy atom. The van der Waals surface area contributed by atoms with Crippen molar-refractivity contribution < 1.29 is 13.2 Å². The standard InChI is InChI=1S/C25H40N2O3S/c1-3-16-22(25-27-23(4-2)21-30-25)17-12-9-7-5-6-8-10-15-20-26-31(28,29)24-18-13-11-14-19-24/h3,11,13-14,18-19,22-23,26H,1,4-10,12,15-17,20-21H2,2H3/t22-,23-/m1/s1. The minimum absolute atomic E-state index is 0.335. The molecule has 1 N–H and O–H groups in total. The van der Waals surface area contributed by atoms with Gasteiger partial charge in [0.1, 0.15) is 6.61 Å². The van der Waals surface area contributed by atoms with E-state index < -0.39 is 10.0 Å². The third kappa shape index (κ3) is 9.56. The van der Waals surface area contributed by atoms with E-state index in [1.54, 1.807) is 24.3 Å². The minimum atomic E-state index is -3.36. The third-order valence-electron chi connectivity index (χ3n) is 5.83. The lowest BCUT2D eigenvalue weighted by Gasteiger charge is -2.14. The minimum Gasteiger partial charge on any atom is -0.478 e. The monoisotopic (exact) mass is 448 g/mol. The number of aliphatic imine (C=N–C) groups is 1. The molecular formula is C25H40N2O3S. The number of hydrogen-bond donors (Lipinski definition) is 1. The molecule has 1 heterocycles. The maximum atomic E-state index is 12.1. The molecule has 6 heteroatoms. The average molecular weight is 449 g/mol. The highest BCUT2D eigenvalue weighted by molar-refractivity contribution is 7.89. The van der Waals surface area contributed by atoms with E-state index in [0.29, 0.717) is 23.4 Å². The largest absolute Gasteiger partial charge is 0.478 e. The van der Waals surface area contributed by atoms with E-state index >= 15 is 0 Å². The van der Waals surface area contributed by atoms with Gasteiger partial charge in [0.05, 0.1) is 10.9 Å². The second-order valence-corrected chi connectivity index (χ2v) is 10.2. The highest BCUT2D eigenvalue weighted by Gasteiger charge is 2.23. The van der Waals surface area contributed by atoms with Crippen LogP contribution in [0.25, 0.3) is 0 Å². The molecule has 0 unspecified atom stereocenters. The number of allylic oxidation sites excluding steroid dienone is 1. The molecule has 1 aromatic carbocycles. The Bertz CT molecular complexity index is 762. The third-order valence-corrected chi connectivity index (χ3v) is 7.31. The van der Waals surface area contributed by atoms with Gasteiger partial charge < -0.3 is 4.74 Å². The summed E-state index contributed by atoms with van der Waals surface area (Å²) in [6.45, 7) is 7.30. The number of sulfonamides is 1. The Hall–Kier alpha value is -1.66. The Labute approximate surface area is 189 Å². The predicted octanol–water partition coefficient (Wildman–Crippen LogP) is 5.88. The van der Waals surface area contributed by atoms with Gasteiger partial charge in [-0.1, -0.05) is 76.1 Å². The molecule has 174 valence electrons. The maximum absolute atomic E-state index is 12.1. The normalized spacial score (nSPS) is 17.2. The van der Waals surface area contributed by atoms with Gasteiger partial charge in [0.2, 0.25) is 10.0 Å². The van der Waals surface area contributed by atoms with Gasteiger partial charge in [-0.2, -0.15) is 0 Å². The lowest BCUT2D eigenvalue weighted by Crippen LogP contribution is -2.24. The van der Waals surface area contributed by atoms with Crippen molar-refractivity contribution in [3.8, 4) is 0 Å². The van der Waals surface area contributed by atoms with Crippen LogP contribution in [0.1, 0.15) is 77.6 Å². The molecule has 0 aliphatic carbocycles. The van der Waals surface area contributed by atoms with Crippen LogP contribution in [-0.4, -0.2) is 33.5 Å². The molecule has 5 nitrogen and oxygen atoms in total. The number of rotatable bonds is 17. The van der Waals surface area contributed by atoms with Crippen molar-refractivity contribution in [2.75, 3.05) is 13.2 Å². The summed E-state index contributed by atoms with van der Waals surface area (Å²) in [6, 6.07) is 8.89. The second kappa shape index (κ2) is 14.4. The van der Waals surface area contributed by atoms with Crippen molar-refractivity contribution in [2.45, 2.75) is 88.5 Å². The summed E-state index contributed by atoms with van der Waals surface area (Å²) in [4.78, 5) is 5.06. The predicted molar refractivity (Wildman–Crippen MR) is 129 cm³/mol. The van der Waals surface area contributed by atoms with Crippen LogP contribution >= 0.6 is 0 Å². The lowest BCUT2D eigenvalue weighted by atomic mass is 9.96. The maximum Gasteiger partial charge on any atom is 0.240 e. The lowest BCUT2D eigenvalue weighted by molar-refractivity contribution is 0.291. The van der Waals surface area contributed by atoms with Crippen molar-refractivity contribution in [1.29, 1.82) is 0 Å². The smallest absolute Gasteiger partial charge is 0.240 e. The van der Waals surface area contributed by atoms with Crippen LogP contribution in [0, 0.1) is 5.92 Å². The van der Waals surface area contributed by atoms with E-state index in [1.807, 2.05) is 12.1 Å². The van der Waals surface area contributed by atoms with E-state index in [2.05, 4.69) is 18.2 Å². The molecule has 2 rings (SSSR count). The zero-order chi connectivity index (χ0) is 22.4. The average Bonchev–Trinajstić information content (AvgIpc) is 3.26. The van der Waals surface area contributed by atoms with E-state index in [1.165, 1.54) is 32.1 Å². The molecule has 0 fully saturated rings. The van der Waals surface area contributed by atoms with Crippen LogP contribution < -0.4 is 4.72 Å². The summed E-state index contributed by atoms with van der Waals surface area (Å²) in [7, 11) is -3.36. The highest BCUT2D eigenvalue weighted by atomic mass is 32.2. The van der Waals surface area contributed by atoms with Gasteiger partial charge in [-0.05, 0) is 37.8 Å². The first-order valence-electron chi connectivity index (χ1n) is 11.9. The molecule has 0 amide bonds. The van der Waals surface area contributed by atoms with Crippen LogP contribution in [0.5, 0.6) is 0 Å². The second-order valence-electron chi connectivity index (χ2n) is 8.39. The fourth-order valence-corrected chi connectivity index (χ4v) is 4.97. The summed E-state index contributed by atoms with van der Waals surface area (Å²) in [5, 5.41) is 0. The van der Waals surface area contributed by atoms with Crippen LogP contribution in [0.3, 0.4) is 0 Å². The number of ether oxygens (including phenoxy) is 1. The van der Waals surface area contributed by atoms with Gasteiger partial charge in [0, 0.05) is 12.5 Å². The quantitative estimate of drug-likeness (QED) is 0.239. The summed E-state index contributed by atoms with van der Waals surface area (Å²) < 4.78 is 32.8. The van der Waals surface area contributed by atoms with Crippen molar-refractivity contribution in [1.82, 2.24) is 4.72 Å². The summed E-state index contributed by atoms with van der Waals surface area (Å²) in [5.41, 5.74) is 0. The zero-order valence-corrected chi connectivity index (χ0v) is 19.9. The summed E-state index contributed by atoms with van der Waals surface area (Å²) in [6.07, 6.45) is 14.4. The number of benzene rings is 1. The van der Waals surface area contributed by atoms with Gasteiger partial charge in [-0.25, -0.2) is 18.1 Å². The fourth-order valence-electron chi connectivity index (χ4n) is 3.88. The number of nitrogens with zero attached hydrogens (tertiary/aromatic N) is 1. The van der Waals surface area contributed by atoms with Crippen molar-refractivity contribution in [2.24, 2.45) is 10.9 Å². The van der Waals surface area contributed by atoms with Gasteiger partial charge >= 0.3 is 0 Å². The van der Waals surface area contributed by atoms with Gasteiger partial charge in [0.15, 0.2) is 5.90 Å². The Morgan fingerprint density at radius 3 is 2.35 bits per heavy atom. The first kappa shape index (κ1) is 25.6. The van der Waals surface area contributed by atoms with Crippen molar-refractivity contribution in [3.63, 3.8) is 0 Å². The topological polar surface area (TPSA) is 67.8 Å². The molecule has 1 aliphatic rings. The number of nitrogens with one attached hydrogen (secondary N) is 1. The van der Waals surface area contributed by atoms with Gasteiger partial charge in [-0.3, -0.25) is 0 Å². The molecule has 0 aromatic heterocycles. The SMILES string of the molecule is C=CC[C@H](CCCCCCCCCCNS(=O)(=O)c1ccccc1)C1=N[C@H](CC)CO1. The molecule has 2 atom stereocenters.